The zero-order valence-corrected chi connectivity index (χ0v) is 71.9. The fourth-order valence-corrected chi connectivity index (χ4v) is 14.5. The van der Waals surface area contributed by atoms with Crippen LogP contribution in [-0.2, 0) is 99.8 Å². The van der Waals surface area contributed by atoms with E-state index in [2.05, 4.69) is 100 Å². The molecule has 30 nitrogen and oxygen atoms in total. The Morgan fingerprint density at radius 1 is 0.449 bits per heavy atom. The van der Waals surface area contributed by atoms with Crippen LogP contribution in [0.1, 0.15) is 125 Å². The van der Waals surface area contributed by atoms with E-state index < -0.39 is 16.1 Å². The molecule has 0 unspecified atom stereocenters. The predicted molar refractivity (Wildman–Crippen MR) is 463 cm³/mol. The Morgan fingerprint density at radius 2 is 0.822 bits per heavy atom. The fraction of sp³-hybridized carbons (Fsp3) is 0.430. The quantitative estimate of drug-likeness (QED) is 0.0153. The number of hydrogen-bond acceptors (Lipinski definition) is 18. The molecule has 0 saturated carbocycles. The standard InChI is InChI=1S/C32H42N6O5Si.C30H40N6O4Si.C24H26N6O3/c1-7-15-36-29-27(30(39)37(16-8-2)32(36)41)38(23-42-18-19-44(4,5)6)28(34-29)26-21-33-35(22-26)17-11-13-24-12-10-14-25(20-24)31(40)43-9-3;1-6-13-34-28-26(29(38)35(14-7-2)30(34)39)36(22-40-16-17-41(3,4)5)27(32-28)25-19-31-33(20-25)15-9-12-23-10-8-11-24(18-23)21-37;1-3-10-29-22-20(23(32)30(11-4-2)24(29)33)26-21(27-22)19-14-25-28(15-19)12-6-9-17-7-5-8-18(13-17)16-31/h10,12,14,20-22H,7-9,15-19,23H2,1-6H3;8,10-11,18-20,37H,6-7,13-17,21-22H2,1-5H3;5,7-8,13-15,31H,3-4,10-12,16H2,1-2H3,(H,26,27). The first kappa shape index (κ1) is 88.5. The van der Waals surface area contributed by atoms with Crippen LogP contribution in [0.4, 0.5) is 0 Å². The summed E-state index contributed by atoms with van der Waals surface area (Å²) >= 11 is 0. The molecule has 118 heavy (non-hydrogen) atoms. The number of H-pyrrole nitrogens is 1. The molecule has 0 atom stereocenters. The number of ether oxygens (including phenoxy) is 3. The highest BCUT2D eigenvalue weighted by molar-refractivity contribution is 6.76. The molecule has 9 aromatic heterocycles. The van der Waals surface area contributed by atoms with Crippen molar-refractivity contribution in [2.75, 3.05) is 19.8 Å². The molecule has 9 heterocycles. The van der Waals surface area contributed by atoms with E-state index in [0.29, 0.717) is 183 Å². The lowest BCUT2D eigenvalue weighted by atomic mass is 10.1. The lowest BCUT2D eigenvalue weighted by Gasteiger charge is -2.16. The smallest absolute Gasteiger partial charge is 0.338 e. The molecular weight excluding hydrogens is 1530 g/mol. The number of aromatic amines is 1. The summed E-state index contributed by atoms with van der Waals surface area (Å²) in [5, 5.41) is 31.9. The number of rotatable bonds is 32. The lowest BCUT2D eigenvalue weighted by molar-refractivity contribution is 0.0526. The van der Waals surface area contributed by atoms with Gasteiger partial charge in [0.15, 0.2) is 28.0 Å². The van der Waals surface area contributed by atoms with E-state index in [1.165, 1.54) is 13.7 Å². The maximum Gasteiger partial charge on any atom is 0.338 e. The van der Waals surface area contributed by atoms with Crippen LogP contribution in [0, 0.1) is 35.5 Å². The highest BCUT2D eigenvalue weighted by Crippen LogP contribution is 2.27. The normalized spacial score (nSPS) is 11.4. The van der Waals surface area contributed by atoms with E-state index in [1.54, 1.807) is 86.8 Å². The second-order valence-electron chi connectivity index (χ2n) is 30.9. The number of aryl methyl sites for hydroxylation is 3. The molecular formula is C86H108N18O12Si2. The number of fused-ring (bicyclic) bond motifs is 3. The molecule has 622 valence electrons. The first-order valence-electron chi connectivity index (χ1n) is 40.4. The van der Waals surface area contributed by atoms with Gasteiger partial charge in [-0.3, -0.25) is 65.0 Å². The highest BCUT2D eigenvalue weighted by Gasteiger charge is 2.27. The van der Waals surface area contributed by atoms with E-state index in [-0.39, 0.29) is 66.4 Å². The van der Waals surface area contributed by atoms with Crippen LogP contribution in [0.15, 0.2) is 139 Å². The molecule has 0 fully saturated rings. The number of carbonyl (C=O) groups excluding carboxylic acids is 1. The molecule has 0 radical (unpaired) electrons. The minimum absolute atomic E-state index is 0.0227. The van der Waals surface area contributed by atoms with Gasteiger partial charge in [0.2, 0.25) is 0 Å². The molecule has 0 spiro atoms. The SMILES string of the molecule is CCCn1c(=O)c2[nH]c(-c3cnn(CC#Cc4cccc(CO)c4)c3)nc2n(CCC)c1=O.CCCn1c(=O)c2c(nc(-c3cnn(CC#Cc4cccc(C(=O)OCC)c4)c3)n2COCC[Si](C)(C)C)n(CCC)c1=O.CCCn1c(=O)c2c(nc(-c3cnn(CC#Cc4cccc(CO)c4)c3)n2COCC[Si](C)(C)C)n(CCC)c1=O. The highest BCUT2D eigenvalue weighted by atomic mass is 28.3. The molecule has 32 heteroatoms. The van der Waals surface area contributed by atoms with Crippen LogP contribution < -0.4 is 33.7 Å². The third-order valence-electron chi connectivity index (χ3n) is 18.9. The average molecular weight is 1640 g/mol. The minimum atomic E-state index is -1.33. The molecule has 12 aromatic rings. The van der Waals surface area contributed by atoms with Crippen molar-refractivity contribution >= 4 is 55.6 Å². The Balaban J connectivity index is 0.000000188. The van der Waals surface area contributed by atoms with E-state index in [9.17, 15) is 43.8 Å². The van der Waals surface area contributed by atoms with E-state index in [0.717, 1.165) is 47.2 Å². The van der Waals surface area contributed by atoms with Gasteiger partial charge in [0.05, 0.1) is 60.7 Å². The lowest BCUT2D eigenvalue weighted by Crippen LogP contribution is -2.40. The van der Waals surface area contributed by atoms with Crippen molar-refractivity contribution in [1.29, 1.82) is 0 Å². The number of aliphatic hydroxyl groups excluding tert-OH is 2. The third kappa shape index (κ3) is 22.1. The van der Waals surface area contributed by atoms with Crippen molar-refractivity contribution < 1.29 is 29.2 Å². The summed E-state index contributed by atoms with van der Waals surface area (Å²) in [6.07, 6.45) is 14.7. The Bertz CT molecular complexity index is 6110. The summed E-state index contributed by atoms with van der Waals surface area (Å²) < 4.78 is 34.6. The minimum Gasteiger partial charge on any atom is -0.462 e. The van der Waals surface area contributed by atoms with E-state index in [4.69, 9.17) is 24.2 Å². The second kappa shape index (κ2) is 41.3. The second-order valence-corrected chi connectivity index (χ2v) is 42.2. The van der Waals surface area contributed by atoms with Gasteiger partial charge in [0.1, 0.15) is 56.1 Å². The van der Waals surface area contributed by atoms with Gasteiger partial charge in [-0.05, 0) is 111 Å². The number of benzene rings is 3. The summed E-state index contributed by atoms with van der Waals surface area (Å²) in [7, 11) is -2.63. The molecule has 0 aliphatic carbocycles. The number of carbonyl (C=O) groups is 1. The number of imidazole rings is 3. The van der Waals surface area contributed by atoms with Crippen LogP contribution in [-0.4, -0.2) is 138 Å². The maximum atomic E-state index is 13.7. The van der Waals surface area contributed by atoms with E-state index >= 15 is 0 Å². The average Bonchev–Trinajstić information content (AvgIpc) is 1.57. The summed E-state index contributed by atoms with van der Waals surface area (Å²) in [6.45, 7) is 32.4. The van der Waals surface area contributed by atoms with Crippen molar-refractivity contribution in [3.05, 3.63) is 206 Å². The Labute approximate surface area is 686 Å². The number of nitrogens with zero attached hydrogens (tertiary/aromatic N) is 17. The molecule has 0 amide bonds. The monoisotopic (exact) mass is 1640 g/mol. The van der Waals surface area contributed by atoms with Gasteiger partial charge in [-0.25, -0.2) is 34.1 Å². The first-order valence-corrected chi connectivity index (χ1v) is 47.8. The van der Waals surface area contributed by atoms with Gasteiger partial charge in [0.25, 0.3) is 16.7 Å². The summed E-state index contributed by atoms with van der Waals surface area (Å²) in [4.78, 5) is 109. The molecule has 0 saturated heterocycles. The van der Waals surface area contributed by atoms with Gasteiger partial charge in [-0.15, -0.1) is 0 Å². The number of nitrogens with one attached hydrogen (secondary N) is 1. The van der Waals surface area contributed by atoms with Crippen LogP contribution in [0.5, 0.6) is 0 Å². The number of aromatic nitrogens is 18. The molecule has 3 aromatic carbocycles. The molecule has 0 aliphatic rings. The van der Waals surface area contributed by atoms with Crippen LogP contribution >= 0.6 is 0 Å². The van der Waals surface area contributed by atoms with Gasteiger partial charge < -0.3 is 29.4 Å². The number of aliphatic hydroxyl groups is 2. The third-order valence-corrected chi connectivity index (χ3v) is 22.3. The largest absolute Gasteiger partial charge is 0.462 e. The molecule has 0 bridgehead atoms. The summed E-state index contributed by atoms with van der Waals surface area (Å²) in [5.41, 5.74) is 6.53. The maximum absolute atomic E-state index is 13.7. The van der Waals surface area contributed by atoms with Gasteiger partial charge in [-0.2, -0.15) is 15.3 Å². The number of hydrogen-bond donors (Lipinski definition) is 3. The molecule has 0 aliphatic heterocycles. The van der Waals surface area contributed by atoms with Crippen molar-refractivity contribution in [2.45, 2.75) is 224 Å². The summed E-state index contributed by atoms with van der Waals surface area (Å²) in [6, 6.07) is 23.9. The summed E-state index contributed by atoms with van der Waals surface area (Å²) in [5.74, 6) is 19.7. The topological polar surface area (TPSA) is 335 Å². The van der Waals surface area contributed by atoms with Gasteiger partial charge in [-0.1, -0.05) is 147 Å². The van der Waals surface area contributed by atoms with Crippen molar-refractivity contribution in [3.8, 4) is 69.7 Å². The van der Waals surface area contributed by atoms with Crippen molar-refractivity contribution in [2.24, 2.45) is 0 Å². The van der Waals surface area contributed by atoms with Crippen LogP contribution in [0.2, 0.25) is 51.4 Å². The van der Waals surface area contributed by atoms with Crippen molar-refractivity contribution in [3.63, 3.8) is 0 Å². The zero-order chi connectivity index (χ0) is 84.8. The first-order chi connectivity index (χ1) is 56.8. The van der Waals surface area contributed by atoms with Gasteiger partial charge in [0, 0.05) is 104 Å². The molecule has 12 rings (SSSR count). The van der Waals surface area contributed by atoms with Crippen LogP contribution in [0.25, 0.3) is 67.7 Å². The Kier molecular flexibility index (Phi) is 31.0. The Morgan fingerprint density at radius 3 is 1.22 bits per heavy atom. The number of esters is 1. The van der Waals surface area contributed by atoms with Crippen LogP contribution in [0.3, 0.4) is 0 Å². The van der Waals surface area contributed by atoms with Gasteiger partial charge >= 0.3 is 23.0 Å². The van der Waals surface area contributed by atoms with E-state index in [1.807, 2.05) is 109 Å². The Hall–Kier alpha value is -11.8. The van der Waals surface area contributed by atoms with Crippen molar-refractivity contribution in [1.82, 2.24) is 85.8 Å². The predicted octanol–water partition coefficient (Wildman–Crippen LogP) is 10.6. The fourth-order valence-electron chi connectivity index (χ4n) is 13.0. The zero-order valence-electron chi connectivity index (χ0n) is 69.9. The molecule has 3 N–H and O–H groups in total.